The van der Waals surface area contributed by atoms with Crippen molar-refractivity contribution >= 4 is 40.5 Å². The number of benzene rings is 3. The van der Waals surface area contributed by atoms with Crippen molar-refractivity contribution in [2.45, 2.75) is 12.8 Å². The van der Waals surface area contributed by atoms with E-state index in [9.17, 15) is 9.59 Å². The zero-order valence-electron chi connectivity index (χ0n) is 21.7. The van der Waals surface area contributed by atoms with E-state index in [0.717, 1.165) is 31.4 Å². The number of carbonyl (C=O) groups is 2. The van der Waals surface area contributed by atoms with Crippen molar-refractivity contribution in [2.75, 3.05) is 55.3 Å². The van der Waals surface area contributed by atoms with Gasteiger partial charge in [-0.25, -0.2) is 0 Å². The molecule has 0 saturated carbocycles. The number of likely N-dealkylation sites (tertiary alicyclic amines) is 1. The monoisotopic (exact) mass is 528 g/mol. The molecule has 0 atom stereocenters. The van der Waals surface area contributed by atoms with Gasteiger partial charge < -0.3 is 24.9 Å². The highest BCUT2D eigenvalue weighted by atomic mass is 16.5. The van der Waals surface area contributed by atoms with Gasteiger partial charge >= 0.3 is 0 Å². The maximum atomic E-state index is 12.5. The summed E-state index contributed by atoms with van der Waals surface area (Å²) in [6.45, 7) is 4.23. The summed E-state index contributed by atoms with van der Waals surface area (Å²) in [6, 6.07) is 21.4. The van der Waals surface area contributed by atoms with E-state index in [1.54, 1.807) is 48.5 Å². The van der Waals surface area contributed by atoms with Gasteiger partial charge in [0.25, 0.3) is 5.91 Å². The average molecular weight is 529 g/mol. The van der Waals surface area contributed by atoms with E-state index < -0.39 is 0 Å². The zero-order chi connectivity index (χ0) is 27.0. The third kappa shape index (κ3) is 6.50. The molecule has 9 nitrogen and oxygen atoms in total. The standard InChI is InChI=1S/C30H32N4O5/c31-25-7-1-2-8-26(25)32-30(36)22-10-12-24(13-11-22)37-19-17-34(21-35)28-20-23-6-5-9-27(29(23)39-28)38-18-16-33-14-3-4-15-33/h1-2,5-13,20-21H,3-4,14-19,31H2,(H,32,36). The molecule has 3 aromatic carbocycles. The normalized spacial score (nSPS) is 13.3. The Morgan fingerprint density at radius 1 is 1.00 bits per heavy atom. The summed E-state index contributed by atoms with van der Waals surface area (Å²) >= 11 is 0. The lowest BCUT2D eigenvalue weighted by Gasteiger charge is -2.15. The van der Waals surface area contributed by atoms with Gasteiger partial charge in [-0.1, -0.05) is 24.3 Å². The second kappa shape index (κ2) is 12.4. The van der Waals surface area contributed by atoms with Crippen molar-refractivity contribution in [1.82, 2.24) is 4.90 Å². The lowest BCUT2D eigenvalue weighted by Crippen LogP contribution is -2.26. The summed E-state index contributed by atoms with van der Waals surface area (Å²) in [5.41, 5.74) is 8.04. The van der Waals surface area contributed by atoms with Crippen LogP contribution in [0.15, 0.2) is 77.2 Å². The molecule has 1 aliphatic rings. The van der Waals surface area contributed by atoms with Crippen LogP contribution >= 0.6 is 0 Å². The number of hydrogen-bond acceptors (Lipinski definition) is 7. The van der Waals surface area contributed by atoms with Gasteiger partial charge in [0.2, 0.25) is 12.3 Å². The van der Waals surface area contributed by atoms with Crippen LogP contribution in [0.3, 0.4) is 0 Å². The summed E-state index contributed by atoms with van der Waals surface area (Å²) in [7, 11) is 0. The van der Waals surface area contributed by atoms with Crippen LogP contribution in [0, 0.1) is 0 Å². The molecule has 0 spiro atoms. The van der Waals surface area contributed by atoms with Crippen molar-refractivity contribution in [3.8, 4) is 11.5 Å². The number of ether oxygens (including phenoxy) is 2. The van der Waals surface area contributed by atoms with Crippen molar-refractivity contribution in [1.29, 1.82) is 0 Å². The van der Waals surface area contributed by atoms with Gasteiger partial charge in [-0.3, -0.25) is 19.4 Å². The molecule has 202 valence electrons. The molecule has 0 unspecified atom stereocenters. The Balaban J connectivity index is 1.15. The van der Waals surface area contributed by atoms with E-state index in [2.05, 4.69) is 10.2 Å². The van der Waals surface area contributed by atoms with E-state index >= 15 is 0 Å². The second-order valence-corrected chi connectivity index (χ2v) is 9.37. The molecule has 39 heavy (non-hydrogen) atoms. The summed E-state index contributed by atoms with van der Waals surface area (Å²) in [6.07, 6.45) is 3.21. The van der Waals surface area contributed by atoms with E-state index in [1.807, 2.05) is 24.3 Å². The van der Waals surface area contributed by atoms with Gasteiger partial charge in [0, 0.05) is 23.6 Å². The van der Waals surface area contributed by atoms with Gasteiger partial charge in [0.15, 0.2) is 11.3 Å². The quantitative estimate of drug-likeness (QED) is 0.201. The highest BCUT2D eigenvalue weighted by Crippen LogP contribution is 2.32. The molecule has 2 amide bonds. The number of nitrogens with one attached hydrogen (secondary N) is 1. The summed E-state index contributed by atoms with van der Waals surface area (Å²) in [5, 5.41) is 3.66. The number of carbonyl (C=O) groups excluding carboxylic acids is 2. The first-order valence-corrected chi connectivity index (χ1v) is 13.1. The molecule has 1 fully saturated rings. The number of hydrogen-bond donors (Lipinski definition) is 2. The lowest BCUT2D eigenvalue weighted by atomic mass is 10.2. The van der Waals surface area contributed by atoms with Gasteiger partial charge in [-0.05, 0) is 68.4 Å². The zero-order valence-corrected chi connectivity index (χ0v) is 21.7. The molecule has 0 radical (unpaired) electrons. The van der Waals surface area contributed by atoms with Crippen LogP contribution in [0.1, 0.15) is 23.2 Å². The Morgan fingerprint density at radius 3 is 2.56 bits per heavy atom. The highest BCUT2D eigenvalue weighted by Gasteiger charge is 2.16. The number of nitrogens with zero attached hydrogens (tertiary/aromatic N) is 2. The van der Waals surface area contributed by atoms with E-state index in [-0.39, 0.29) is 19.1 Å². The predicted molar refractivity (Wildman–Crippen MR) is 152 cm³/mol. The lowest BCUT2D eigenvalue weighted by molar-refractivity contribution is -0.107. The minimum absolute atomic E-state index is 0.237. The highest BCUT2D eigenvalue weighted by molar-refractivity contribution is 6.05. The Hall–Kier alpha value is -4.50. The number of nitrogens with two attached hydrogens (primary N) is 1. The van der Waals surface area contributed by atoms with Crippen LogP contribution < -0.4 is 25.4 Å². The Labute approximate surface area is 227 Å². The number of furan rings is 1. The fourth-order valence-corrected chi connectivity index (χ4v) is 4.55. The van der Waals surface area contributed by atoms with Crippen LogP contribution in [-0.2, 0) is 4.79 Å². The molecule has 2 heterocycles. The third-order valence-electron chi connectivity index (χ3n) is 6.70. The maximum absolute atomic E-state index is 12.5. The fraction of sp³-hybridized carbons (Fsp3) is 0.267. The predicted octanol–water partition coefficient (Wildman–Crippen LogP) is 4.78. The van der Waals surface area contributed by atoms with Crippen molar-refractivity contribution < 1.29 is 23.5 Å². The molecule has 1 saturated heterocycles. The van der Waals surface area contributed by atoms with Crippen molar-refractivity contribution in [3.63, 3.8) is 0 Å². The molecule has 0 bridgehead atoms. The minimum atomic E-state index is -0.268. The Morgan fingerprint density at radius 2 is 1.79 bits per heavy atom. The first kappa shape index (κ1) is 26.1. The van der Waals surface area contributed by atoms with Gasteiger partial charge in [0.05, 0.1) is 17.9 Å². The Bertz CT molecular complexity index is 1410. The molecular weight excluding hydrogens is 496 g/mol. The molecular formula is C30H32N4O5. The molecule has 0 aliphatic carbocycles. The summed E-state index contributed by atoms with van der Waals surface area (Å²) < 4.78 is 17.8. The van der Waals surface area contributed by atoms with Crippen LogP contribution in [0.25, 0.3) is 11.0 Å². The summed E-state index contributed by atoms with van der Waals surface area (Å²) in [5.74, 6) is 1.40. The largest absolute Gasteiger partial charge is 0.492 e. The van der Waals surface area contributed by atoms with E-state index in [4.69, 9.17) is 19.6 Å². The fourth-order valence-electron chi connectivity index (χ4n) is 4.55. The molecule has 1 aromatic heterocycles. The maximum Gasteiger partial charge on any atom is 0.255 e. The molecule has 3 N–H and O–H groups in total. The first-order valence-electron chi connectivity index (χ1n) is 13.1. The molecule has 4 aromatic rings. The van der Waals surface area contributed by atoms with Gasteiger partial charge in [-0.2, -0.15) is 0 Å². The average Bonchev–Trinajstić information content (AvgIpc) is 3.63. The van der Waals surface area contributed by atoms with Crippen LogP contribution in [0.4, 0.5) is 17.3 Å². The second-order valence-electron chi connectivity index (χ2n) is 9.37. The van der Waals surface area contributed by atoms with Crippen LogP contribution in [0.5, 0.6) is 11.5 Å². The van der Waals surface area contributed by atoms with E-state index in [1.165, 1.54) is 17.7 Å². The van der Waals surface area contributed by atoms with Crippen molar-refractivity contribution in [3.05, 3.63) is 78.4 Å². The number of para-hydroxylation sites is 3. The smallest absolute Gasteiger partial charge is 0.255 e. The molecule has 1 aliphatic heterocycles. The number of anilines is 3. The molecule has 5 rings (SSSR count). The Kier molecular flexibility index (Phi) is 8.28. The first-order chi connectivity index (χ1) is 19.1. The molecule has 9 heteroatoms. The topological polar surface area (TPSA) is 110 Å². The SMILES string of the molecule is Nc1ccccc1NC(=O)c1ccc(OCCN(C=O)c2cc3cccc(OCCN4CCCC4)c3o2)cc1. The van der Waals surface area contributed by atoms with Crippen LogP contribution in [-0.4, -0.2) is 56.6 Å². The van der Waals surface area contributed by atoms with Gasteiger partial charge in [-0.15, -0.1) is 0 Å². The minimum Gasteiger partial charge on any atom is -0.492 e. The third-order valence-corrected chi connectivity index (χ3v) is 6.70. The van der Waals surface area contributed by atoms with Crippen molar-refractivity contribution in [2.24, 2.45) is 0 Å². The van der Waals surface area contributed by atoms with Crippen LogP contribution in [0.2, 0.25) is 0 Å². The number of amides is 2. The number of nitrogen functional groups attached to an aromatic ring is 1. The number of rotatable bonds is 12. The van der Waals surface area contributed by atoms with E-state index in [0.29, 0.717) is 46.5 Å². The van der Waals surface area contributed by atoms with Gasteiger partial charge in [0.1, 0.15) is 19.0 Å². The number of fused-ring (bicyclic) bond motifs is 1. The summed E-state index contributed by atoms with van der Waals surface area (Å²) in [4.78, 5) is 28.2.